The van der Waals surface area contributed by atoms with Crippen molar-refractivity contribution in [3.63, 3.8) is 0 Å². The van der Waals surface area contributed by atoms with Crippen molar-refractivity contribution in [1.29, 1.82) is 0 Å². The largest absolute Gasteiger partial charge is 0.490 e. The number of nitrogens with zero attached hydrogens (tertiary/aromatic N) is 4. The number of hydrazine groups is 1. The van der Waals surface area contributed by atoms with Gasteiger partial charge >= 0.3 is 24.5 Å². The number of carbonyl (C=O) groups excluding carboxylic acids is 2. The van der Waals surface area contributed by atoms with Crippen LogP contribution in [0.25, 0.3) is 17.6 Å². The summed E-state index contributed by atoms with van der Waals surface area (Å²) in [5.41, 5.74) is 2.04. The Kier molecular flexibility index (Phi) is 10.4. The van der Waals surface area contributed by atoms with E-state index in [0.717, 1.165) is 23.3 Å². The number of rotatable bonds is 5. The van der Waals surface area contributed by atoms with Gasteiger partial charge in [0.1, 0.15) is 6.33 Å². The number of imide groups is 1. The number of halogens is 9. The Labute approximate surface area is 212 Å². The van der Waals surface area contributed by atoms with Crippen molar-refractivity contribution in [3.05, 3.63) is 41.7 Å². The summed E-state index contributed by atoms with van der Waals surface area (Å²) >= 11 is 0. The van der Waals surface area contributed by atoms with Gasteiger partial charge in [0, 0.05) is 17.8 Å². The third kappa shape index (κ3) is 9.67. The van der Waals surface area contributed by atoms with Crippen molar-refractivity contribution < 1.29 is 59.0 Å². The van der Waals surface area contributed by atoms with Crippen molar-refractivity contribution in [2.75, 3.05) is 0 Å². The van der Waals surface area contributed by atoms with Crippen LogP contribution in [0.3, 0.4) is 0 Å². The van der Waals surface area contributed by atoms with Crippen LogP contribution in [0.5, 0.6) is 0 Å². The molecule has 0 bridgehead atoms. The first-order chi connectivity index (χ1) is 17.6. The van der Waals surface area contributed by atoms with Gasteiger partial charge in [-0.05, 0) is 24.1 Å². The van der Waals surface area contributed by atoms with E-state index in [0.29, 0.717) is 12.1 Å². The molecule has 0 saturated carbocycles. The van der Waals surface area contributed by atoms with Crippen LogP contribution in [-0.2, 0) is 26.7 Å². The first-order valence-corrected chi connectivity index (χ1v) is 10.1. The van der Waals surface area contributed by atoms with E-state index in [2.05, 4.69) is 10.1 Å². The lowest BCUT2D eigenvalue weighted by Gasteiger charge is -2.20. The zero-order valence-corrected chi connectivity index (χ0v) is 19.6. The SMILES string of the molecule is CC(C)[C@@H](N)C(=O)N(N)C(=O)C=Cn1cnc(-c2cc(C(F)(F)F)cc(C(F)(F)F)c2)n1.O=C(O)C(F)(F)F. The highest BCUT2D eigenvalue weighted by Gasteiger charge is 2.38. The van der Waals surface area contributed by atoms with E-state index in [9.17, 15) is 49.1 Å². The summed E-state index contributed by atoms with van der Waals surface area (Å²) in [6.45, 7) is 3.29. The zero-order chi connectivity index (χ0) is 30.5. The number of amides is 2. The van der Waals surface area contributed by atoms with Crippen LogP contribution in [-0.4, -0.2) is 54.9 Å². The van der Waals surface area contributed by atoms with Crippen LogP contribution >= 0.6 is 0 Å². The number of hydrogen-bond donors (Lipinski definition) is 3. The molecule has 1 heterocycles. The van der Waals surface area contributed by atoms with Crippen LogP contribution in [0.15, 0.2) is 30.6 Å². The molecular formula is C20H19F9N6O4. The summed E-state index contributed by atoms with van der Waals surface area (Å²) in [5, 5.41) is 11.1. The van der Waals surface area contributed by atoms with Crippen LogP contribution in [0.1, 0.15) is 25.0 Å². The molecule has 2 rings (SSSR count). The number of benzene rings is 1. The first kappa shape index (κ1) is 33.0. The fourth-order valence-corrected chi connectivity index (χ4v) is 2.34. The molecule has 0 fully saturated rings. The van der Waals surface area contributed by atoms with Gasteiger partial charge in [0.2, 0.25) is 0 Å². The number of aromatic nitrogens is 3. The fourth-order valence-electron chi connectivity index (χ4n) is 2.34. The molecule has 0 aliphatic rings. The highest BCUT2D eigenvalue weighted by Crippen LogP contribution is 2.38. The summed E-state index contributed by atoms with van der Waals surface area (Å²) in [5.74, 6) is 0.0768. The molecule has 10 nitrogen and oxygen atoms in total. The number of aliphatic carboxylic acids is 1. The minimum Gasteiger partial charge on any atom is -0.475 e. The molecule has 0 aliphatic carbocycles. The van der Waals surface area contributed by atoms with Gasteiger partial charge in [-0.1, -0.05) is 13.8 Å². The second kappa shape index (κ2) is 12.2. The summed E-state index contributed by atoms with van der Waals surface area (Å²) in [7, 11) is 0. The molecule has 39 heavy (non-hydrogen) atoms. The lowest BCUT2D eigenvalue weighted by Crippen LogP contribution is -2.52. The third-order valence-electron chi connectivity index (χ3n) is 4.44. The number of hydrogen-bond acceptors (Lipinski definition) is 7. The highest BCUT2D eigenvalue weighted by molar-refractivity contribution is 6.03. The topological polar surface area (TPSA) is 157 Å². The maximum atomic E-state index is 13.0. The predicted molar refractivity (Wildman–Crippen MR) is 113 cm³/mol. The Balaban J connectivity index is 0.000000956. The summed E-state index contributed by atoms with van der Waals surface area (Å²) in [4.78, 5) is 36.5. The fraction of sp³-hybridized carbons (Fsp3) is 0.350. The van der Waals surface area contributed by atoms with Gasteiger partial charge in [0.25, 0.3) is 11.8 Å². The van der Waals surface area contributed by atoms with Crippen molar-refractivity contribution in [2.45, 2.75) is 38.4 Å². The zero-order valence-electron chi connectivity index (χ0n) is 19.6. The number of alkyl halides is 9. The Morgan fingerprint density at radius 2 is 1.44 bits per heavy atom. The Morgan fingerprint density at radius 3 is 1.82 bits per heavy atom. The van der Waals surface area contributed by atoms with Crippen molar-refractivity contribution in [1.82, 2.24) is 19.8 Å². The maximum absolute atomic E-state index is 13.0. The van der Waals surface area contributed by atoms with E-state index in [-0.39, 0.29) is 17.0 Å². The lowest BCUT2D eigenvalue weighted by atomic mass is 10.0. The molecule has 2 aromatic rings. The van der Waals surface area contributed by atoms with E-state index >= 15 is 0 Å². The van der Waals surface area contributed by atoms with Gasteiger partial charge in [0.05, 0.1) is 17.2 Å². The number of nitrogens with two attached hydrogens (primary N) is 2. The van der Waals surface area contributed by atoms with Crippen LogP contribution < -0.4 is 11.6 Å². The van der Waals surface area contributed by atoms with E-state index in [1.165, 1.54) is 0 Å². The molecule has 0 saturated heterocycles. The van der Waals surface area contributed by atoms with Crippen LogP contribution in [0.4, 0.5) is 39.5 Å². The molecule has 2 amide bonds. The molecule has 0 unspecified atom stereocenters. The maximum Gasteiger partial charge on any atom is 0.490 e. The van der Waals surface area contributed by atoms with Crippen molar-refractivity contribution in [3.8, 4) is 11.4 Å². The molecule has 0 aliphatic heterocycles. The van der Waals surface area contributed by atoms with Gasteiger partial charge in [0.15, 0.2) is 5.82 Å². The molecule has 0 radical (unpaired) electrons. The molecule has 0 spiro atoms. The smallest absolute Gasteiger partial charge is 0.475 e. The first-order valence-electron chi connectivity index (χ1n) is 10.1. The van der Waals surface area contributed by atoms with Gasteiger partial charge in [-0.2, -0.15) is 39.5 Å². The van der Waals surface area contributed by atoms with Crippen molar-refractivity contribution in [2.24, 2.45) is 17.5 Å². The average Bonchev–Trinajstić information content (AvgIpc) is 3.28. The normalized spacial score (nSPS) is 13.2. The average molecular weight is 578 g/mol. The molecule has 19 heteroatoms. The minimum absolute atomic E-state index is 0.0201. The summed E-state index contributed by atoms with van der Waals surface area (Å²) in [6.07, 6.45) is -12.4. The molecule has 5 N–H and O–H groups in total. The van der Waals surface area contributed by atoms with E-state index in [1.807, 2.05) is 0 Å². The number of carbonyl (C=O) groups is 3. The van der Waals surface area contributed by atoms with Gasteiger partial charge in [-0.25, -0.2) is 25.3 Å². The standard InChI is InChI=1S/C18H18F6N6O2.C2HF3O2/c1-9(2)14(25)16(32)30(26)13(31)3-4-29-8-27-15(28-29)10-5-11(17(19,20)21)7-12(6-10)18(22,23)24;3-2(4,5)1(6)7/h3-9,14H,25-26H2,1-2H3;(H,6,7)/t14-;/m1./s1. The Hall–Kier alpha value is -4.00. The quantitative estimate of drug-likeness (QED) is 0.160. The summed E-state index contributed by atoms with van der Waals surface area (Å²) in [6, 6.07) is -0.109. The molecule has 1 aromatic heterocycles. The molecule has 1 atom stereocenters. The molecule has 216 valence electrons. The Morgan fingerprint density at radius 1 is 0.974 bits per heavy atom. The van der Waals surface area contributed by atoms with E-state index < -0.39 is 64.9 Å². The number of carboxylic acid groups (broad SMARTS) is 1. The number of carboxylic acids is 1. The van der Waals surface area contributed by atoms with Gasteiger partial charge < -0.3 is 10.8 Å². The second-order valence-electron chi connectivity index (χ2n) is 7.78. The Bertz CT molecular complexity index is 1190. The molecular weight excluding hydrogens is 559 g/mol. The third-order valence-corrected chi connectivity index (χ3v) is 4.44. The van der Waals surface area contributed by atoms with Crippen LogP contribution in [0.2, 0.25) is 0 Å². The minimum atomic E-state index is -5.08. The van der Waals surface area contributed by atoms with Crippen molar-refractivity contribution >= 4 is 24.0 Å². The van der Waals surface area contributed by atoms with Crippen LogP contribution in [0, 0.1) is 5.92 Å². The van der Waals surface area contributed by atoms with E-state index in [1.54, 1.807) is 13.8 Å². The van der Waals surface area contributed by atoms with Gasteiger partial charge in [-0.15, -0.1) is 5.10 Å². The second-order valence-corrected chi connectivity index (χ2v) is 7.78. The molecule has 1 aromatic carbocycles. The lowest BCUT2D eigenvalue weighted by molar-refractivity contribution is -0.192. The van der Waals surface area contributed by atoms with Gasteiger partial charge in [-0.3, -0.25) is 9.59 Å². The highest BCUT2D eigenvalue weighted by atomic mass is 19.4. The predicted octanol–water partition coefficient (Wildman–Crippen LogP) is 3.30. The summed E-state index contributed by atoms with van der Waals surface area (Å²) < 4.78 is 111. The van der Waals surface area contributed by atoms with E-state index in [4.69, 9.17) is 21.5 Å². The monoisotopic (exact) mass is 578 g/mol.